The number of nitrogens with one attached hydrogen (secondary N) is 1. The smallest absolute Gasteiger partial charge is 0.343 e. The monoisotopic (exact) mass is 401 g/mol. The molecule has 8 nitrogen and oxygen atoms in total. The van der Waals surface area contributed by atoms with E-state index in [-0.39, 0.29) is 29.7 Å². The van der Waals surface area contributed by atoms with Crippen LogP contribution in [0.5, 0.6) is 0 Å². The summed E-state index contributed by atoms with van der Waals surface area (Å²) in [6, 6.07) is 8.82. The maximum absolute atomic E-state index is 12.8. The fraction of sp³-hybridized carbons (Fsp3) is 0.316. The summed E-state index contributed by atoms with van der Waals surface area (Å²) in [4.78, 5) is 27.1. The number of amides is 1. The number of ether oxygens (including phenoxy) is 1. The minimum absolute atomic E-state index is 0.00549. The number of sulfonamides is 1. The number of nitrogens with zero attached hydrogens (tertiary/aromatic N) is 2. The van der Waals surface area contributed by atoms with E-state index in [1.165, 1.54) is 6.08 Å². The lowest BCUT2D eigenvalue weighted by Crippen LogP contribution is -2.41. The molecule has 1 N–H and O–H groups in total. The molecule has 1 saturated carbocycles. The Morgan fingerprint density at radius 1 is 1.21 bits per heavy atom. The summed E-state index contributed by atoms with van der Waals surface area (Å²) >= 11 is 0. The Morgan fingerprint density at radius 3 is 2.68 bits per heavy atom. The third-order valence-electron chi connectivity index (χ3n) is 4.57. The predicted octanol–water partition coefficient (Wildman–Crippen LogP) is 1.05. The van der Waals surface area contributed by atoms with Crippen LogP contribution in [0.1, 0.15) is 24.5 Å². The highest BCUT2D eigenvalue weighted by Crippen LogP contribution is 2.25. The van der Waals surface area contributed by atoms with Crippen molar-refractivity contribution in [1.82, 2.24) is 10.2 Å². The number of fused-ring (bicyclic) bond motifs is 1. The number of carbonyl (C=O) groups is 2. The molecule has 1 unspecified atom stereocenters. The molecule has 9 heteroatoms. The predicted molar refractivity (Wildman–Crippen MR) is 102 cm³/mol. The molecule has 1 aliphatic carbocycles. The molecule has 0 spiro atoms. The lowest BCUT2D eigenvalue weighted by atomic mass is 10.1. The van der Waals surface area contributed by atoms with E-state index >= 15 is 0 Å². The van der Waals surface area contributed by atoms with E-state index < -0.39 is 28.0 Å². The Labute approximate surface area is 162 Å². The van der Waals surface area contributed by atoms with Crippen LogP contribution in [-0.4, -0.2) is 49.4 Å². The number of amidine groups is 1. The van der Waals surface area contributed by atoms with Crippen LogP contribution >= 0.6 is 0 Å². The van der Waals surface area contributed by atoms with Gasteiger partial charge in [-0.2, -0.15) is 0 Å². The topological polar surface area (TPSA) is 105 Å². The SMILES string of the molecule is O=C(OC(C(=O)NC1CC1)c1ccccc1)C1=CC=CN2CCS(=O)(=O)N=C12. The molecule has 1 aromatic carbocycles. The summed E-state index contributed by atoms with van der Waals surface area (Å²) in [7, 11) is -3.64. The molecule has 0 aromatic heterocycles. The van der Waals surface area contributed by atoms with E-state index in [0.717, 1.165) is 12.8 Å². The van der Waals surface area contributed by atoms with Gasteiger partial charge < -0.3 is 15.0 Å². The van der Waals surface area contributed by atoms with Crippen molar-refractivity contribution in [3.63, 3.8) is 0 Å². The largest absolute Gasteiger partial charge is 0.444 e. The molecular formula is C19H19N3O5S. The molecule has 1 atom stereocenters. The Morgan fingerprint density at radius 2 is 1.96 bits per heavy atom. The van der Waals surface area contributed by atoms with Gasteiger partial charge in [0, 0.05) is 24.4 Å². The number of carbonyl (C=O) groups excluding carboxylic acids is 2. The zero-order chi connectivity index (χ0) is 19.7. The highest BCUT2D eigenvalue weighted by atomic mass is 32.2. The van der Waals surface area contributed by atoms with Gasteiger partial charge in [0.2, 0.25) is 6.10 Å². The third kappa shape index (κ3) is 3.99. The van der Waals surface area contributed by atoms with Gasteiger partial charge in [0.25, 0.3) is 15.9 Å². The van der Waals surface area contributed by atoms with Crippen molar-refractivity contribution < 1.29 is 22.7 Å². The number of hydrogen-bond donors (Lipinski definition) is 1. The Balaban J connectivity index is 1.60. The number of hydrogen-bond acceptors (Lipinski definition) is 6. The van der Waals surface area contributed by atoms with Crippen LogP contribution in [-0.2, 0) is 24.3 Å². The minimum Gasteiger partial charge on any atom is -0.444 e. The lowest BCUT2D eigenvalue weighted by molar-refractivity contribution is -0.152. The first-order valence-corrected chi connectivity index (χ1v) is 10.6. The van der Waals surface area contributed by atoms with Crippen molar-refractivity contribution in [3.8, 4) is 0 Å². The Bertz CT molecular complexity index is 994. The third-order valence-corrected chi connectivity index (χ3v) is 5.72. The van der Waals surface area contributed by atoms with Gasteiger partial charge in [0.05, 0.1) is 5.75 Å². The van der Waals surface area contributed by atoms with E-state index in [2.05, 4.69) is 9.71 Å². The van der Waals surface area contributed by atoms with Crippen LogP contribution in [0, 0.1) is 0 Å². The first-order valence-electron chi connectivity index (χ1n) is 8.97. The number of rotatable bonds is 5. The van der Waals surface area contributed by atoms with E-state index in [4.69, 9.17) is 4.74 Å². The van der Waals surface area contributed by atoms with Crippen molar-refractivity contribution in [1.29, 1.82) is 0 Å². The van der Waals surface area contributed by atoms with Gasteiger partial charge in [-0.3, -0.25) is 4.79 Å². The molecule has 0 bridgehead atoms. The molecule has 0 saturated heterocycles. The van der Waals surface area contributed by atoms with Crippen molar-refractivity contribution >= 4 is 27.7 Å². The molecule has 2 aliphatic heterocycles. The molecular weight excluding hydrogens is 382 g/mol. The van der Waals surface area contributed by atoms with Gasteiger partial charge in [0.1, 0.15) is 5.57 Å². The van der Waals surface area contributed by atoms with Gasteiger partial charge in [-0.15, -0.1) is 4.40 Å². The molecule has 1 fully saturated rings. The molecule has 0 radical (unpaired) electrons. The van der Waals surface area contributed by atoms with Crippen molar-refractivity contribution in [2.24, 2.45) is 4.40 Å². The maximum Gasteiger partial charge on any atom is 0.343 e. The van der Waals surface area contributed by atoms with Gasteiger partial charge in [-0.05, 0) is 25.0 Å². The molecule has 3 aliphatic rings. The van der Waals surface area contributed by atoms with Gasteiger partial charge in [0.15, 0.2) is 5.84 Å². The fourth-order valence-corrected chi connectivity index (χ4v) is 3.94. The summed E-state index contributed by atoms with van der Waals surface area (Å²) in [6.07, 6.45) is 5.39. The average Bonchev–Trinajstić information content (AvgIpc) is 3.49. The molecule has 146 valence electrons. The van der Waals surface area contributed by atoms with Crippen molar-refractivity contribution in [2.45, 2.75) is 25.0 Å². The molecule has 1 amide bonds. The second-order valence-electron chi connectivity index (χ2n) is 6.80. The number of benzene rings is 1. The standard InChI is InChI=1S/C19H19N3O5S/c23-18(20-14-8-9-14)16(13-5-2-1-3-6-13)27-19(24)15-7-4-10-22-11-12-28(25,26)21-17(15)22/h1-7,10,14,16H,8-9,11-12H2,(H,20,23). The number of esters is 1. The minimum atomic E-state index is -3.64. The van der Waals surface area contributed by atoms with Crippen LogP contribution in [0.25, 0.3) is 0 Å². The fourth-order valence-electron chi connectivity index (χ4n) is 2.95. The first-order chi connectivity index (χ1) is 13.4. The van der Waals surface area contributed by atoms with E-state index in [9.17, 15) is 18.0 Å². The summed E-state index contributed by atoms with van der Waals surface area (Å²) in [6.45, 7) is 0.201. The second-order valence-corrected chi connectivity index (χ2v) is 8.55. The van der Waals surface area contributed by atoms with Crippen LogP contribution in [0.3, 0.4) is 0 Å². The van der Waals surface area contributed by atoms with Crippen LogP contribution in [0.2, 0.25) is 0 Å². The lowest BCUT2D eigenvalue weighted by Gasteiger charge is -2.29. The van der Waals surface area contributed by atoms with Gasteiger partial charge in [-0.1, -0.05) is 30.3 Å². The number of allylic oxidation sites excluding steroid dienone is 2. The zero-order valence-corrected chi connectivity index (χ0v) is 15.8. The summed E-state index contributed by atoms with van der Waals surface area (Å²) in [5.41, 5.74) is 0.543. The van der Waals surface area contributed by atoms with Crippen molar-refractivity contribution in [3.05, 3.63) is 59.8 Å². The maximum atomic E-state index is 12.8. The molecule has 2 heterocycles. The summed E-state index contributed by atoms with van der Waals surface area (Å²) in [5, 5.41) is 2.84. The molecule has 1 aromatic rings. The zero-order valence-electron chi connectivity index (χ0n) is 14.9. The first kappa shape index (κ1) is 18.4. The van der Waals surface area contributed by atoms with E-state index in [1.807, 2.05) is 0 Å². The van der Waals surface area contributed by atoms with E-state index in [0.29, 0.717) is 5.56 Å². The quantitative estimate of drug-likeness (QED) is 0.740. The van der Waals surface area contributed by atoms with Crippen LogP contribution < -0.4 is 5.32 Å². The Kier molecular flexibility index (Phi) is 4.76. The Hall–Kier alpha value is -2.94. The average molecular weight is 401 g/mol. The summed E-state index contributed by atoms with van der Waals surface area (Å²) < 4.78 is 33.0. The summed E-state index contributed by atoms with van der Waals surface area (Å²) in [5.74, 6) is -1.30. The van der Waals surface area contributed by atoms with E-state index in [1.54, 1.807) is 47.5 Å². The van der Waals surface area contributed by atoms with Gasteiger partial charge >= 0.3 is 5.97 Å². The van der Waals surface area contributed by atoms with Crippen molar-refractivity contribution in [2.75, 3.05) is 12.3 Å². The van der Waals surface area contributed by atoms with Crippen LogP contribution in [0.4, 0.5) is 0 Å². The highest BCUT2D eigenvalue weighted by molar-refractivity contribution is 7.90. The van der Waals surface area contributed by atoms with Gasteiger partial charge in [-0.25, -0.2) is 13.2 Å². The molecule has 4 rings (SSSR count). The normalized spacial score (nSPS) is 21.1. The molecule has 28 heavy (non-hydrogen) atoms. The highest BCUT2D eigenvalue weighted by Gasteiger charge is 2.35. The van der Waals surface area contributed by atoms with Crippen LogP contribution in [0.15, 0.2) is 58.7 Å². The second kappa shape index (κ2) is 7.23.